The normalized spacial score (nSPS) is 35.2. The van der Waals surface area contributed by atoms with E-state index in [1.54, 1.807) is 7.11 Å². The molecule has 1 heterocycles. The third kappa shape index (κ3) is 2.15. The first-order valence-corrected chi connectivity index (χ1v) is 4.15. The summed E-state index contributed by atoms with van der Waals surface area (Å²) in [5.41, 5.74) is 5.85. The highest BCUT2D eigenvalue weighted by molar-refractivity contribution is 4.81. The Morgan fingerprint density at radius 1 is 1.64 bits per heavy atom. The predicted octanol–water partition coefficient (Wildman–Crippen LogP) is 0.528. The van der Waals surface area contributed by atoms with Gasteiger partial charge in [0, 0.05) is 19.8 Å². The molecule has 0 amide bonds. The van der Waals surface area contributed by atoms with Crippen LogP contribution in [0, 0.1) is 0 Å². The van der Waals surface area contributed by atoms with Crippen LogP contribution in [0.3, 0.4) is 0 Å². The van der Waals surface area contributed by atoms with Crippen LogP contribution in [-0.2, 0) is 9.47 Å². The summed E-state index contributed by atoms with van der Waals surface area (Å²) in [6, 6.07) is 0.152. The van der Waals surface area contributed by atoms with Crippen molar-refractivity contribution in [3.05, 3.63) is 0 Å². The number of methoxy groups -OCH3 is 1. The van der Waals surface area contributed by atoms with Crippen molar-refractivity contribution in [2.45, 2.75) is 38.0 Å². The Hall–Kier alpha value is -0.120. The molecule has 0 aliphatic carbocycles. The minimum atomic E-state index is 0.0914. The van der Waals surface area contributed by atoms with E-state index in [1.165, 1.54) is 0 Å². The van der Waals surface area contributed by atoms with Crippen LogP contribution in [0.15, 0.2) is 0 Å². The first kappa shape index (κ1) is 8.97. The number of ether oxygens (including phenoxy) is 2. The van der Waals surface area contributed by atoms with Gasteiger partial charge < -0.3 is 15.2 Å². The lowest BCUT2D eigenvalue weighted by Gasteiger charge is -2.32. The molecule has 0 aromatic rings. The van der Waals surface area contributed by atoms with Gasteiger partial charge in [-0.25, -0.2) is 0 Å². The summed E-state index contributed by atoms with van der Waals surface area (Å²) in [7, 11) is 1.69. The van der Waals surface area contributed by atoms with Gasteiger partial charge >= 0.3 is 0 Å². The van der Waals surface area contributed by atoms with E-state index >= 15 is 0 Å². The van der Waals surface area contributed by atoms with Crippen LogP contribution in [0.1, 0.15) is 19.8 Å². The van der Waals surface area contributed by atoms with Gasteiger partial charge in [-0.3, -0.25) is 0 Å². The summed E-state index contributed by atoms with van der Waals surface area (Å²) in [5.74, 6) is 0. The zero-order chi connectivity index (χ0) is 8.27. The van der Waals surface area contributed by atoms with Crippen molar-refractivity contribution in [3.63, 3.8) is 0 Å². The SMILES string of the molecule is COC(C)C1OCCCC1N. The van der Waals surface area contributed by atoms with Crippen LogP contribution in [0.4, 0.5) is 0 Å². The van der Waals surface area contributed by atoms with E-state index in [4.69, 9.17) is 15.2 Å². The van der Waals surface area contributed by atoms with Crippen molar-refractivity contribution < 1.29 is 9.47 Å². The fourth-order valence-electron chi connectivity index (χ4n) is 1.44. The Bertz CT molecular complexity index is 115. The summed E-state index contributed by atoms with van der Waals surface area (Å²) in [6.45, 7) is 2.82. The van der Waals surface area contributed by atoms with E-state index in [9.17, 15) is 0 Å². The highest BCUT2D eigenvalue weighted by atomic mass is 16.5. The highest BCUT2D eigenvalue weighted by Crippen LogP contribution is 2.16. The molecule has 66 valence electrons. The molecule has 1 saturated heterocycles. The second kappa shape index (κ2) is 4.04. The monoisotopic (exact) mass is 159 g/mol. The summed E-state index contributed by atoms with van der Waals surface area (Å²) in [5, 5.41) is 0. The van der Waals surface area contributed by atoms with Gasteiger partial charge in [0.15, 0.2) is 0 Å². The lowest BCUT2D eigenvalue weighted by Crippen LogP contribution is -2.47. The van der Waals surface area contributed by atoms with E-state index in [0.717, 1.165) is 19.4 Å². The summed E-state index contributed by atoms with van der Waals surface area (Å²) >= 11 is 0. The van der Waals surface area contributed by atoms with E-state index in [2.05, 4.69) is 0 Å². The minimum absolute atomic E-state index is 0.0914. The van der Waals surface area contributed by atoms with E-state index in [-0.39, 0.29) is 18.2 Å². The topological polar surface area (TPSA) is 44.5 Å². The molecule has 11 heavy (non-hydrogen) atoms. The number of hydrogen-bond acceptors (Lipinski definition) is 3. The maximum atomic E-state index is 5.85. The first-order chi connectivity index (χ1) is 5.25. The van der Waals surface area contributed by atoms with Crippen LogP contribution in [0.2, 0.25) is 0 Å². The molecular formula is C8H17NO2. The number of rotatable bonds is 2. The Kier molecular flexibility index (Phi) is 3.30. The predicted molar refractivity (Wildman–Crippen MR) is 43.4 cm³/mol. The lowest BCUT2D eigenvalue weighted by molar-refractivity contribution is -0.0798. The molecule has 0 saturated carbocycles. The maximum Gasteiger partial charge on any atom is 0.0984 e. The van der Waals surface area contributed by atoms with Gasteiger partial charge in [-0.05, 0) is 19.8 Å². The van der Waals surface area contributed by atoms with Crippen LogP contribution in [-0.4, -0.2) is 32.0 Å². The molecule has 1 aliphatic rings. The molecule has 1 fully saturated rings. The Morgan fingerprint density at radius 2 is 2.36 bits per heavy atom. The molecule has 3 nitrogen and oxygen atoms in total. The number of hydrogen-bond donors (Lipinski definition) is 1. The zero-order valence-corrected chi connectivity index (χ0v) is 7.25. The molecule has 0 radical (unpaired) electrons. The van der Waals surface area contributed by atoms with Gasteiger partial charge in [0.1, 0.15) is 0 Å². The Morgan fingerprint density at radius 3 is 2.91 bits per heavy atom. The molecule has 2 N–H and O–H groups in total. The average Bonchev–Trinajstić information content (AvgIpc) is 2.04. The van der Waals surface area contributed by atoms with Crippen LogP contribution >= 0.6 is 0 Å². The van der Waals surface area contributed by atoms with Crippen molar-refractivity contribution >= 4 is 0 Å². The molecule has 1 rings (SSSR count). The molecule has 3 heteroatoms. The van der Waals surface area contributed by atoms with Crippen molar-refractivity contribution in [3.8, 4) is 0 Å². The smallest absolute Gasteiger partial charge is 0.0984 e. The zero-order valence-electron chi connectivity index (χ0n) is 7.25. The molecule has 3 unspecified atom stereocenters. The lowest BCUT2D eigenvalue weighted by atomic mass is 10.00. The van der Waals surface area contributed by atoms with E-state index in [0.29, 0.717) is 0 Å². The number of nitrogens with two attached hydrogens (primary N) is 1. The van der Waals surface area contributed by atoms with Gasteiger partial charge in [-0.15, -0.1) is 0 Å². The van der Waals surface area contributed by atoms with Crippen LogP contribution in [0.25, 0.3) is 0 Å². The molecule has 0 aromatic heterocycles. The average molecular weight is 159 g/mol. The van der Waals surface area contributed by atoms with E-state index < -0.39 is 0 Å². The molecular weight excluding hydrogens is 142 g/mol. The Balaban J connectivity index is 2.40. The first-order valence-electron chi connectivity index (χ1n) is 4.15. The summed E-state index contributed by atoms with van der Waals surface area (Å²) in [6.07, 6.45) is 2.34. The third-order valence-electron chi connectivity index (χ3n) is 2.25. The molecule has 0 aromatic carbocycles. The van der Waals surface area contributed by atoms with Crippen LogP contribution in [0.5, 0.6) is 0 Å². The summed E-state index contributed by atoms with van der Waals surface area (Å²) in [4.78, 5) is 0. The summed E-state index contributed by atoms with van der Waals surface area (Å²) < 4.78 is 10.6. The van der Waals surface area contributed by atoms with Gasteiger partial charge in [0.2, 0.25) is 0 Å². The molecule has 0 bridgehead atoms. The minimum Gasteiger partial charge on any atom is -0.379 e. The van der Waals surface area contributed by atoms with Gasteiger partial charge in [-0.2, -0.15) is 0 Å². The van der Waals surface area contributed by atoms with Gasteiger partial charge in [-0.1, -0.05) is 0 Å². The van der Waals surface area contributed by atoms with Crippen molar-refractivity contribution in [2.24, 2.45) is 5.73 Å². The largest absolute Gasteiger partial charge is 0.379 e. The second-order valence-corrected chi connectivity index (χ2v) is 3.08. The molecule has 0 spiro atoms. The fourth-order valence-corrected chi connectivity index (χ4v) is 1.44. The molecule has 3 atom stereocenters. The van der Waals surface area contributed by atoms with Crippen molar-refractivity contribution in [1.82, 2.24) is 0 Å². The highest BCUT2D eigenvalue weighted by Gasteiger charge is 2.27. The van der Waals surface area contributed by atoms with Gasteiger partial charge in [0.25, 0.3) is 0 Å². The standard InChI is InChI=1S/C8H17NO2/c1-6(10-2)8-7(9)4-3-5-11-8/h6-8H,3-5,9H2,1-2H3. The van der Waals surface area contributed by atoms with Crippen molar-refractivity contribution in [1.29, 1.82) is 0 Å². The third-order valence-corrected chi connectivity index (χ3v) is 2.25. The van der Waals surface area contributed by atoms with Gasteiger partial charge in [0.05, 0.1) is 12.2 Å². The quantitative estimate of drug-likeness (QED) is 0.639. The molecule has 1 aliphatic heterocycles. The van der Waals surface area contributed by atoms with Crippen molar-refractivity contribution in [2.75, 3.05) is 13.7 Å². The maximum absolute atomic E-state index is 5.85. The van der Waals surface area contributed by atoms with E-state index in [1.807, 2.05) is 6.92 Å². The fraction of sp³-hybridized carbons (Fsp3) is 1.00. The van der Waals surface area contributed by atoms with Crippen LogP contribution < -0.4 is 5.73 Å². The Labute approximate surface area is 67.9 Å². The second-order valence-electron chi connectivity index (χ2n) is 3.08.